The van der Waals surface area contributed by atoms with Crippen molar-refractivity contribution in [1.29, 1.82) is 0 Å². The lowest BCUT2D eigenvalue weighted by molar-refractivity contribution is 0.0515. The van der Waals surface area contributed by atoms with E-state index in [-0.39, 0.29) is 12.2 Å². The zero-order valence-corrected chi connectivity index (χ0v) is 7.93. The smallest absolute Gasteiger partial charge is 0.360 e. The van der Waals surface area contributed by atoms with E-state index >= 15 is 0 Å². The number of nitrogens with zero attached hydrogens (tertiary/aromatic N) is 1. The minimum atomic E-state index is -1.33. The van der Waals surface area contributed by atoms with E-state index in [1.165, 1.54) is 0 Å². The van der Waals surface area contributed by atoms with Gasteiger partial charge in [0.25, 0.3) is 0 Å². The molecule has 6 nitrogen and oxygen atoms in total. The van der Waals surface area contributed by atoms with E-state index in [1.54, 1.807) is 6.92 Å². The Morgan fingerprint density at radius 3 is 2.73 bits per heavy atom. The first-order valence-electron chi connectivity index (χ1n) is 4.16. The molecule has 0 atom stereocenters. The standard InChI is InChI=1S/C9H9NO5/c1-2-15-9(14)6-7(11)5(8(12)13)3-4-10-6/h3-4,11H,2H2,1H3,(H,12,13). The number of aromatic nitrogens is 1. The number of carboxylic acids is 1. The maximum atomic E-state index is 11.2. The van der Waals surface area contributed by atoms with Crippen LogP contribution in [0, 0.1) is 0 Å². The Bertz CT molecular complexity index is 401. The molecule has 6 heteroatoms. The van der Waals surface area contributed by atoms with E-state index in [0.717, 1.165) is 12.3 Å². The Morgan fingerprint density at radius 2 is 2.20 bits per heavy atom. The number of hydrogen-bond acceptors (Lipinski definition) is 5. The van der Waals surface area contributed by atoms with Crippen LogP contribution in [0.3, 0.4) is 0 Å². The highest BCUT2D eigenvalue weighted by molar-refractivity contribution is 5.97. The zero-order valence-electron chi connectivity index (χ0n) is 7.93. The van der Waals surface area contributed by atoms with Crippen LogP contribution in [-0.4, -0.2) is 33.7 Å². The molecule has 1 aromatic rings. The first-order valence-corrected chi connectivity index (χ1v) is 4.16. The van der Waals surface area contributed by atoms with Gasteiger partial charge in [0.05, 0.1) is 6.61 Å². The Morgan fingerprint density at radius 1 is 1.53 bits per heavy atom. The molecule has 0 spiro atoms. The number of pyridine rings is 1. The van der Waals surface area contributed by atoms with E-state index in [0.29, 0.717) is 0 Å². The van der Waals surface area contributed by atoms with Gasteiger partial charge in [-0.15, -0.1) is 0 Å². The normalized spacial score (nSPS) is 9.67. The Hall–Kier alpha value is -2.11. The molecular formula is C9H9NO5. The van der Waals surface area contributed by atoms with Gasteiger partial charge in [-0.1, -0.05) is 0 Å². The Kier molecular flexibility index (Phi) is 3.22. The number of carbonyl (C=O) groups is 2. The number of esters is 1. The molecule has 0 saturated carbocycles. The molecule has 0 bridgehead atoms. The van der Waals surface area contributed by atoms with Crippen molar-refractivity contribution in [3.63, 3.8) is 0 Å². The summed E-state index contributed by atoms with van der Waals surface area (Å²) < 4.78 is 4.59. The predicted molar refractivity (Wildman–Crippen MR) is 48.8 cm³/mol. The average Bonchev–Trinajstić information content (AvgIpc) is 2.17. The number of ether oxygens (including phenoxy) is 1. The van der Waals surface area contributed by atoms with Gasteiger partial charge < -0.3 is 14.9 Å². The summed E-state index contributed by atoms with van der Waals surface area (Å²) in [4.78, 5) is 25.4. The summed E-state index contributed by atoms with van der Waals surface area (Å²) in [6, 6.07) is 1.10. The van der Waals surface area contributed by atoms with Gasteiger partial charge in [-0.2, -0.15) is 0 Å². The zero-order chi connectivity index (χ0) is 11.4. The van der Waals surface area contributed by atoms with Crippen LogP contribution in [0.4, 0.5) is 0 Å². The number of aromatic carboxylic acids is 1. The molecule has 0 aromatic carbocycles. The molecule has 0 radical (unpaired) electrons. The fourth-order valence-electron chi connectivity index (χ4n) is 0.975. The van der Waals surface area contributed by atoms with Gasteiger partial charge in [0, 0.05) is 6.20 Å². The highest BCUT2D eigenvalue weighted by Gasteiger charge is 2.20. The summed E-state index contributed by atoms with van der Waals surface area (Å²) in [7, 11) is 0. The molecular weight excluding hydrogens is 202 g/mol. The van der Waals surface area contributed by atoms with Gasteiger partial charge in [-0.05, 0) is 13.0 Å². The van der Waals surface area contributed by atoms with Gasteiger partial charge in [0.2, 0.25) is 0 Å². The minimum Gasteiger partial charge on any atom is -0.505 e. The molecule has 1 heterocycles. The number of carbonyl (C=O) groups excluding carboxylic acids is 1. The van der Waals surface area contributed by atoms with E-state index in [9.17, 15) is 14.7 Å². The molecule has 0 fully saturated rings. The highest BCUT2D eigenvalue weighted by atomic mass is 16.5. The average molecular weight is 211 g/mol. The maximum Gasteiger partial charge on any atom is 0.360 e. The van der Waals surface area contributed by atoms with Crippen molar-refractivity contribution >= 4 is 11.9 Å². The van der Waals surface area contributed by atoms with Crippen molar-refractivity contribution in [2.24, 2.45) is 0 Å². The molecule has 0 aliphatic rings. The third-order valence-corrected chi connectivity index (χ3v) is 1.62. The fraction of sp³-hybridized carbons (Fsp3) is 0.222. The Labute approximate surface area is 85.1 Å². The van der Waals surface area contributed by atoms with E-state index in [1.807, 2.05) is 0 Å². The molecule has 0 amide bonds. The monoisotopic (exact) mass is 211 g/mol. The molecule has 2 N–H and O–H groups in total. The highest BCUT2D eigenvalue weighted by Crippen LogP contribution is 2.20. The van der Waals surface area contributed by atoms with Gasteiger partial charge in [0.15, 0.2) is 11.4 Å². The first kappa shape index (κ1) is 11.0. The van der Waals surface area contributed by atoms with Crippen molar-refractivity contribution in [2.45, 2.75) is 6.92 Å². The summed E-state index contributed by atoms with van der Waals surface area (Å²) in [5.74, 6) is -2.86. The second-order valence-electron chi connectivity index (χ2n) is 2.58. The molecule has 0 aliphatic carbocycles. The molecule has 0 saturated heterocycles. The summed E-state index contributed by atoms with van der Waals surface area (Å²) in [5.41, 5.74) is -0.773. The lowest BCUT2D eigenvalue weighted by Gasteiger charge is -2.04. The third kappa shape index (κ3) is 2.22. The van der Waals surface area contributed by atoms with Gasteiger partial charge in [-0.3, -0.25) is 0 Å². The molecule has 0 aliphatic heterocycles. The molecule has 15 heavy (non-hydrogen) atoms. The molecule has 80 valence electrons. The van der Waals surface area contributed by atoms with Crippen molar-refractivity contribution in [1.82, 2.24) is 4.98 Å². The van der Waals surface area contributed by atoms with Crippen LogP contribution >= 0.6 is 0 Å². The van der Waals surface area contributed by atoms with E-state index < -0.39 is 23.4 Å². The topological polar surface area (TPSA) is 96.7 Å². The number of hydrogen-bond donors (Lipinski definition) is 2. The summed E-state index contributed by atoms with van der Waals surface area (Å²) in [6.07, 6.45) is 1.12. The predicted octanol–water partition coefficient (Wildman–Crippen LogP) is 0.662. The van der Waals surface area contributed by atoms with Crippen molar-refractivity contribution in [3.8, 4) is 5.75 Å². The minimum absolute atomic E-state index is 0.122. The lowest BCUT2D eigenvalue weighted by atomic mass is 10.2. The Balaban J connectivity index is 3.15. The summed E-state index contributed by atoms with van der Waals surface area (Å²) >= 11 is 0. The van der Waals surface area contributed by atoms with Gasteiger partial charge in [0.1, 0.15) is 5.56 Å². The van der Waals surface area contributed by atoms with Crippen LogP contribution in [0.2, 0.25) is 0 Å². The third-order valence-electron chi connectivity index (χ3n) is 1.62. The second kappa shape index (κ2) is 4.41. The van der Waals surface area contributed by atoms with Gasteiger partial charge in [-0.25, -0.2) is 14.6 Å². The van der Waals surface area contributed by atoms with Crippen LogP contribution in [0.1, 0.15) is 27.8 Å². The number of aromatic hydroxyl groups is 1. The van der Waals surface area contributed by atoms with Crippen molar-refractivity contribution in [3.05, 3.63) is 23.5 Å². The largest absolute Gasteiger partial charge is 0.505 e. The van der Waals surface area contributed by atoms with Crippen LogP contribution in [0.25, 0.3) is 0 Å². The number of rotatable bonds is 3. The lowest BCUT2D eigenvalue weighted by Crippen LogP contribution is -2.09. The fourth-order valence-corrected chi connectivity index (χ4v) is 0.975. The number of carboxylic acid groups (broad SMARTS) is 1. The van der Waals surface area contributed by atoms with Crippen LogP contribution in [0.15, 0.2) is 12.3 Å². The van der Waals surface area contributed by atoms with Gasteiger partial charge >= 0.3 is 11.9 Å². The quantitative estimate of drug-likeness (QED) is 0.713. The van der Waals surface area contributed by atoms with Crippen LogP contribution in [0.5, 0.6) is 5.75 Å². The van der Waals surface area contributed by atoms with E-state index in [4.69, 9.17) is 5.11 Å². The SMILES string of the molecule is CCOC(=O)c1nccc(C(=O)O)c1O. The molecule has 1 aromatic heterocycles. The maximum absolute atomic E-state index is 11.2. The van der Waals surface area contributed by atoms with Crippen LogP contribution in [-0.2, 0) is 4.74 Å². The van der Waals surface area contributed by atoms with E-state index in [2.05, 4.69) is 9.72 Å². The first-order chi connectivity index (χ1) is 7.07. The van der Waals surface area contributed by atoms with Crippen LogP contribution < -0.4 is 0 Å². The summed E-state index contributed by atoms with van der Waals surface area (Å²) in [6.45, 7) is 1.72. The second-order valence-corrected chi connectivity index (χ2v) is 2.58. The van der Waals surface area contributed by atoms with Crippen molar-refractivity contribution < 1.29 is 24.5 Å². The van der Waals surface area contributed by atoms with Crippen molar-refractivity contribution in [2.75, 3.05) is 6.61 Å². The molecule has 1 rings (SSSR count). The molecule has 0 unspecified atom stereocenters. The summed E-state index contributed by atoms with van der Waals surface area (Å²) in [5, 5.41) is 18.1.